The predicted octanol–water partition coefficient (Wildman–Crippen LogP) is 1.16. The fourth-order valence-corrected chi connectivity index (χ4v) is 5.78. The molecular weight excluding hydrogens is 274 g/mol. The smallest absolute Gasteiger partial charge is 0.312 e. The van der Waals surface area contributed by atoms with Crippen LogP contribution in [-0.4, -0.2) is 36.0 Å². The summed E-state index contributed by atoms with van der Waals surface area (Å²) in [5.41, 5.74) is 0.673. The minimum absolute atomic E-state index is 0.0277. The molecule has 1 saturated heterocycles. The Morgan fingerprint density at radius 2 is 2.17 bits per heavy atom. The highest BCUT2D eigenvalue weighted by atomic mass is 32.2. The minimum atomic E-state index is -2.92. The van der Waals surface area contributed by atoms with E-state index in [4.69, 9.17) is 5.11 Å². The average molecular weight is 287 g/mol. The zero-order valence-electron chi connectivity index (χ0n) is 9.63. The van der Waals surface area contributed by atoms with Gasteiger partial charge >= 0.3 is 5.97 Å². The standard InChI is InChI=1S/C11H13NO4S2/c13-11(14)7-1-2-8-9(7)12-10(17-8)6-3-4-18(15,16)5-6/h6-7H,1-5H2,(H,13,14). The average Bonchev–Trinajstić information content (AvgIpc) is 2.88. The lowest BCUT2D eigenvalue weighted by Crippen LogP contribution is -2.09. The highest BCUT2D eigenvalue weighted by molar-refractivity contribution is 7.91. The molecule has 0 amide bonds. The summed E-state index contributed by atoms with van der Waals surface area (Å²) in [6.07, 6.45) is 1.99. The first-order valence-corrected chi connectivity index (χ1v) is 8.53. The van der Waals surface area contributed by atoms with Crippen molar-refractivity contribution in [3.8, 4) is 0 Å². The van der Waals surface area contributed by atoms with Crippen molar-refractivity contribution in [1.82, 2.24) is 4.98 Å². The number of hydrogen-bond acceptors (Lipinski definition) is 5. The third-order valence-electron chi connectivity index (χ3n) is 3.61. The molecule has 0 aromatic carbocycles. The van der Waals surface area contributed by atoms with Crippen LogP contribution in [0, 0.1) is 0 Å². The Morgan fingerprint density at radius 1 is 1.39 bits per heavy atom. The number of hydrogen-bond donors (Lipinski definition) is 1. The van der Waals surface area contributed by atoms with Crippen LogP contribution in [0.25, 0.3) is 0 Å². The van der Waals surface area contributed by atoms with Gasteiger partial charge in [0.1, 0.15) is 5.92 Å². The van der Waals surface area contributed by atoms with E-state index < -0.39 is 21.7 Å². The second-order valence-corrected chi connectivity index (χ2v) is 8.23. The monoisotopic (exact) mass is 287 g/mol. The molecule has 1 aliphatic carbocycles. The summed E-state index contributed by atoms with van der Waals surface area (Å²) in [5.74, 6) is -0.964. The van der Waals surface area contributed by atoms with E-state index in [0.717, 1.165) is 16.3 Å². The van der Waals surface area contributed by atoms with Crippen molar-refractivity contribution in [2.75, 3.05) is 11.5 Å². The highest BCUT2D eigenvalue weighted by Gasteiger charge is 2.36. The Morgan fingerprint density at radius 3 is 2.78 bits per heavy atom. The third kappa shape index (κ3) is 1.95. The molecule has 1 fully saturated rings. The molecule has 1 aromatic heterocycles. The van der Waals surface area contributed by atoms with E-state index >= 15 is 0 Å². The molecule has 0 spiro atoms. The number of thiazole rings is 1. The van der Waals surface area contributed by atoms with Gasteiger partial charge in [0.05, 0.1) is 22.2 Å². The maximum atomic E-state index is 11.4. The largest absolute Gasteiger partial charge is 0.481 e. The Labute approximate surface area is 109 Å². The molecule has 0 saturated carbocycles. The SMILES string of the molecule is O=C(O)C1CCc2sc(C3CCS(=O)(=O)C3)nc21. The van der Waals surface area contributed by atoms with Gasteiger partial charge in [0.25, 0.3) is 0 Å². The molecular formula is C11H13NO4S2. The second-order valence-electron chi connectivity index (χ2n) is 4.89. The van der Waals surface area contributed by atoms with E-state index in [-0.39, 0.29) is 17.4 Å². The van der Waals surface area contributed by atoms with E-state index in [2.05, 4.69) is 4.98 Å². The van der Waals surface area contributed by atoms with Crippen LogP contribution in [0.5, 0.6) is 0 Å². The molecule has 98 valence electrons. The minimum Gasteiger partial charge on any atom is -0.481 e. The number of carboxylic acids is 1. The molecule has 3 rings (SSSR count). The first-order valence-electron chi connectivity index (χ1n) is 5.89. The van der Waals surface area contributed by atoms with Crippen molar-refractivity contribution in [2.45, 2.75) is 31.1 Å². The van der Waals surface area contributed by atoms with Gasteiger partial charge in [-0.05, 0) is 19.3 Å². The van der Waals surface area contributed by atoms with E-state index in [9.17, 15) is 13.2 Å². The van der Waals surface area contributed by atoms with Crippen molar-refractivity contribution >= 4 is 27.1 Å². The summed E-state index contributed by atoms with van der Waals surface area (Å²) in [4.78, 5) is 16.5. The maximum Gasteiger partial charge on any atom is 0.312 e. The van der Waals surface area contributed by atoms with Gasteiger partial charge in [-0.2, -0.15) is 0 Å². The van der Waals surface area contributed by atoms with Gasteiger partial charge in [-0.25, -0.2) is 13.4 Å². The van der Waals surface area contributed by atoms with Gasteiger partial charge < -0.3 is 5.11 Å². The number of aliphatic carboxylic acids is 1. The van der Waals surface area contributed by atoms with E-state index in [1.807, 2.05) is 0 Å². The fraction of sp³-hybridized carbons (Fsp3) is 0.636. The first-order chi connectivity index (χ1) is 8.46. The molecule has 2 atom stereocenters. The number of aromatic nitrogens is 1. The molecule has 18 heavy (non-hydrogen) atoms. The summed E-state index contributed by atoms with van der Waals surface area (Å²) < 4.78 is 22.9. The number of aryl methyl sites for hydroxylation is 1. The molecule has 0 radical (unpaired) electrons. The van der Waals surface area contributed by atoms with Crippen LogP contribution in [-0.2, 0) is 21.1 Å². The van der Waals surface area contributed by atoms with Crippen LogP contribution in [0.15, 0.2) is 0 Å². The molecule has 5 nitrogen and oxygen atoms in total. The summed E-state index contributed by atoms with van der Waals surface area (Å²) in [6.45, 7) is 0. The molecule has 0 bridgehead atoms. The second kappa shape index (κ2) is 4.03. The lowest BCUT2D eigenvalue weighted by Gasteiger charge is -2.04. The normalized spacial score (nSPS) is 29.3. The van der Waals surface area contributed by atoms with Crippen molar-refractivity contribution in [2.24, 2.45) is 0 Å². The summed E-state index contributed by atoms with van der Waals surface area (Å²) >= 11 is 1.50. The molecule has 2 unspecified atom stereocenters. The van der Waals surface area contributed by atoms with Gasteiger partial charge in [0.15, 0.2) is 9.84 Å². The topological polar surface area (TPSA) is 84.3 Å². The van der Waals surface area contributed by atoms with Crippen LogP contribution in [0.4, 0.5) is 0 Å². The van der Waals surface area contributed by atoms with E-state index in [1.54, 1.807) is 0 Å². The molecule has 1 N–H and O–H groups in total. The Kier molecular flexibility index (Phi) is 2.71. The van der Waals surface area contributed by atoms with Crippen LogP contribution in [0.3, 0.4) is 0 Å². The zero-order chi connectivity index (χ0) is 12.9. The Balaban J connectivity index is 1.89. The number of nitrogens with zero attached hydrogens (tertiary/aromatic N) is 1. The lowest BCUT2D eigenvalue weighted by molar-refractivity contribution is -0.138. The van der Waals surface area contributed by atoms with Gasteiger partial charge in [-0.1, -0.05) is 0 Å². The van der Waals surface area contributed by atoms with Crippen LogP contribution < -0.4 is 0 Å². The molecule has 2 heterocycles. The van der Waals surface area contributed by atoms with E-state index in [1.165, 1.54) is 11.3 Å². The maximum absolute atomic E-state index is 11.4. The highest BCUT2D eigenvalue weighted by Crippen LogP contribution is 2.40. The third-order valence-corrected chi connectivity index (χ3v) is 6.68. The number of rotatable bonds is 2. The van der Waals surface area contributed by atoms with Crippen molar-refractivity contribution in [3.05, 3.63) is 15.6 Å². The van der Waals surface area contributed by atoms with Gasteiger partial charge in [0.2, 0.25) is 0 Å². The first kappa shape index (κ1) is 12.1. The number of fused-ring (bicyclic) bond motifs is 1. The number of sulfone groups is 1. The van der Waals surface area contributed by atoms with Gasteiger partial charge in [0, 0.05) is 10.8 Å². The van der Waals surface area contributed by atoms with Gasteiger partial charge in [-0.3, -0.25) is 4.79 Å². The van der Waals surface area contributed by atoms with Crippen LogP contribution in [0.2, 0.25) is 0 Å². The van der Waals surface area contributed by atoms with Crippen molar-refractivity contribution in [3.63, 3.8) is 0 Å². The molecule has 2 aliphatic rings. The molecule has 1 aromatic rings. The number of carbonyl (C=O) groups is 1. The zero-order valence-corrected chi connectivity index (χ0v) is 11.3. The Hall–Kier alpha value is -0.950. The quantitative estimate of drug-likeness (QED) is 0.882. The van der Waals surface area contributed by atoms with Gasteiger partial charge in [-0.15, -0.1) is 11.3 Å². The van der Waals surface area contributed by atoms with Crippen molar-refractivity contribution in [1.29, 1.82) is 0 Å². The van der Waals surface area contributed by atoms with E-state index in [0.29, 0.717) is 18.5 Å². The summed E-state index contributed by atoms with van der Waals surface area (Å²) in [6, 6.07) is 0. The predicted molar refractivity (Wildman–Crippen MR) is 66.8 cm³/mol. The van der Waals surface area contributed by atoms with Crippen molar-refractivity contribution < 1.29 is 18.3 Å². The van der Waals surface area contributed by atoms with Crippen LogP contribution >= 0.6 is 11.3 Å². The number of carboxylic acid groups (broad SMARTS) is 1. The fourth-order valence-electron chi connectivity index (χ4n) is 2.65. The lowest BCUT2D eigenvalue weighted by atomic mass is 10.1. The molecule has 7 heteroatoms. The van der Waals surface area contributed by atoms with Crippen LogP contribution in [0.1, 0.15) is 40.3 Å². The summed E-state index contributed by atoms with van der Waals surface area (Å²) in [7, 11) is -2.92. The Bertz CT molecular complexity index is 605. The summed E-state index contributed by atoms with van der Waals surface area (Å²) in [5, 5.41) is 9.90. The molecule has 1 aliphatic heterocycles.